The van der Waals surface area contributed by atoms with Gasteiger partial charge in [0.2, 0.25) is 17.7 Å². The predicted molar refractivity (Wildman–Crippen MR) is 516 cm³/mol. The quantitative estimate of drug-likeness (QED) is 0.0335. The molecule has 0 aliphatic carbocycles. The summed E-state index contributed by atoms with van der Waals surface area (Å²) in [5, 5.41) is 9.38. The Hall–Kier alpha value is -11.0. The first kappa shape index (κ1) is 92.2. The van der Waals surface area contributed by atoms with Gasteiger partial charge in [-0.25, -0.2) is 30.0 Å². The Balaban J connectivity index is 0.891. The molecule has 18 nitrogen and oxygen atoms in total. The van der Waals surface area contributed by atoms with E-state index in [9.17, 15) is 14.4 Å². The lowest BCUT2D eigenvalue weighted by Crippen LogP contribution is -2.37. The minimum Gasteiger partial charge on any atom is -0.477 e. The van der Waals surface area contributed by atoms with Crippen LogP contribution in [0, 0.1) is 12.3 Å². The fourth-order valence-corrected chi connectivity index (χ4v) is 19.4. The highest BCUT2D eigenvalue weighted by Gasteiger charge is 2.37. The van der Waals surface area contributed by atoms with Crippen LogP contribution in [0.25, 0.3) is 36.5 Å². The highest BCUT2D eigenvalue weighted by atomic mass is 16.5. The number of allylic oxidation sites excluding steroid dienone is 15. The van der Waals surface area contributed by atoms with Crippen molar-refractivity contribution in [2.45, 2.75) is 302 Å². The van der Waals surface area contributed by atoms with Gasteiger partial charge in [0, 0.05) is 84.7 Å². The van der Waals surface area contributed by atoms with Crippen LogP contribution in [-0.4, -0.2) is 87.3 Å². The van der Waals surface area contributed by atoms with Crippen LogP contribution in [0.3, 0.4) is 0 Å². The highest BCUT2D eigenvalue weighted by molar-refractivity contribution is 6.17. The Bertz CT molecular complexity index is 5490. The van der Waals surface area contributed by atoms with Gasteiger partial charge >= 0.3 is 0 Å². The van der Waals surface area contributed by atoms with Gasteiger partial charge in [-0.05, 0) is 320 Å². The molecule has 18 heteroatoms. The molecule has 3 amide bonds. The van der Waals surface area contributed by atoms with Crippen molar-refractivity contribution in [3.05, 3.63) is 237 Å². The van der Waals surface area contributed by atoms with Crippen molar-refractivity contribution in [3.63, 3.8) is 0 Å². The van der Waals surface area contributed by atoms with Crippen LogP contribution in [0.4, 0.5) is 0 Å². The zero-order valence-electron chi connectivity index (χ0n) is 79.1. The number of aromatic nitrogens is 3. The van der Waals surface area contributed by atoms with Crippen molar-refractivity contribution < 1.29 is 28.6 Å². The third kappa shape index (κ3) is 18.3. The summed E-state index contributed by atoms with van der Waals surface area (Å²) in [5.74, 6) is 1.56. The second kappa shape index (κ2) is 39.9. The van der Waals surface area contributed by atoms with E-state index in [-0.39, 0.29) is 37.5 Å². The molecule has 9 aliphatic heterocycles. The van der Waals surface area contributed by atoms with Crippen LogP contribution in [0.15, 0.2) is 200 Å². The van der Waals surface area contributed by atoms with Crippen molar-refractivity contribution in [2.75, 3.05) is 19.8 Å². The van der Waals surface area contributed by atoms with Crippen LogP contribution in [-0.2, 0) is 60.7 Å². The second-order valence-electron chi connectivity index (χ2n) is 34.4. The molecule has 9 aliphatic rings. The lowest BCUT2D eigenvalue weighted by atomic mass is 9.94. The molecule has 0 spiro atoms. The molecule has 6 N–H and O–H groups in total. The van der Waals surface area contributed by atoms with Crippen molar-refractivity contribution >= 4 is 89.0 Å². The van der Waals surface area contributed by atoms with E-state index >= 15 is 0 Å². The van der Waals surface area contributed by atoms with E-state index in [4.69, 9.17) is 44.2 Å². The second-order valence-corrected chi connectivity index (χ2v) is 34.4. The van der Waals surface area contributed by atoms with E-state index in [1.54, 1.807) is 0 Å². The van der Waals surface area contributed by atoms with E-state index in [1.807, 2.05) is 26.8 Å². The van der Waals surface area contributed by atoms with Gasteiger partial charge in [0.05, 0.1) is 56.7 Å². The third-order valence-electron chi connectivity index (χ3n) is 26.3. The Labute approximate surface area is 738 Å². The summed E-state index contributed by atoms with van der Waals surface area (Å²) in [4.78, 5) is 82.7. The number of hydrogen-bond donors (Lipinski definition) is 6. The number of ether oxygens (including phenoxy) is 3. The molecule has 3 aromatic rings. The summed E-state index contributed by atoms with van der Waals surface area (Å²) in [6, 6.07) is 0. The molecule has 1 unspecified atom stereocenters. The standard InChI is InChI=1S/C106H136N12O6/c1-26-42-78-74(38-13)92(109-96(78)49-87-69(33-8)61(20)101(120)114-87)53-94-76(40-15)80(44-28-3)98(111-94)51-90-72(36-11)64(23)104(117-90)123-56-106(25,55-122-103-63(22)71(35-10)89(116-103)47-83-59(18)67(31-6)85(108-83)48-84-66(30-5)58(17)82(107-84)46-86-68(32-7)60(19)100(119)113-86)57-124-105-65(24)73(37-12)91(118-105)52-99-81(45-29-4)77(41-16)95(112-99)54-93-75(39-14)79(43-27-2)97(110-93)50-88-70(34-9)62(21)102(121)115-88/h46-54,108,111-112H,26-45,55-57H2,1-25H3,(H,113,119)(H,114,120)(H,115,121)/b84-48-,86-46-,87-49-,88-50-,89-47+,90-51-,91-52+,92-53-,93-54-. The number of nitrogens with one attached hydrogen (secondary N) is 6. The number of rotatable bonds is 35. The summed E-state index contributed by atoms with van der Waals surface area (Å²) >= 11 is 0. The van der Waals surface area contributed by atoms with Crippen LogP contribution >= 0.6 is 0 Å². The molecular weight excluding hydrogens is 1540 g/mol. The first-order valence-electron chi connectivity index (χ1n) is 46.5. The van der Waals surface area contributed by atoms with Crippen LogP contribution in [0.1, 0.15) is 330 Å². The van der Waals surface area contributed by atoms with E-state index in [1.165, 1.54) is 55.7 Å². The molecule has 656 valence electrons. The first-order valence-corrected chi connectivity index (χ1v) is 46.5. The van der Waals surface area contributed by atoms with E-state index in [2.05, 4.69) is 232 Å². The number of amides is 3. The zero-order valence-corrected chi connectivity index (χ0v) is 79.1. The normalized spacial score (nSPS) is 21.2. The van der Waals surface area contributed by atoms with Crippen LogP contribution in [0.5, 0.6) is 0 Å². The summed E-state index contributed by atoms with van der Waals surface area (Å²) < 4.78 is 21.5. The van der Waals surface area contributed by atoms with Crippen molar-refractivity contribution in [2.24, 2.45) is 35.4 Å². The average molecular weight is 1670 g/mol. The maximum atomic E-state index is 13.0. The Morgan fingerprint density at radius 1 is 0.266 bits per heavy atom. The summed E-state index contributed by atoms with van der Waals surface area (Å²) in [6.45, 7) is 54.2. The molecule has 1 atom stereocenters. The molecule has 0 fully saturated rings. The summed E-state index contributed by atoms with van der Waals surface area (Å²) in [6.07, 6.45) is 36.5. The van der Waals surface area contributed by atoms with Gasteiger partial charge in [-0.15, -0.1) is 0 Å². The van der Waals surface area contributed by atoms with Gasteiger partial charge < -0.3 is 45.1 Å². The van der Waals surface area contributed by atoms with Gasteiger partial charge in [-0.1, -0.05) is 136 Å². The smallest absolute Gasteiger partial charge is 0.251 e. The molecule has 12 heterocycles. The first-order chi connectivity index (χ1) is 59.6. The average Bonchev–Trinajstić information content (AvgIpc) is 1.59. The van der Waals surface area contributed by atoms with Gasteiger partial charge in [-0.2, -0.15) is 0 Å². The molecule has 124 heavy (non-hydrogen) atoms. The molecule has 0 saturated carbocycles. The molecule has 0 saturated heterocycles. The number of carbonyl (C=O) groups excluding carboxylic acids is 3. The Kier molecular flexibility index (Phi) is 29.6. The molecule has 0 radical (unpaired) electrons. The lowest BCUT2D eigenvalue weighted by Gasteiger charge is -2.29. The lowest BCUT2D eigenvalue weighted by molar-refractivity contribution is -0.117. The van der Waals surface area contributed by atoms with Gasteiger partial charge in [0.25, 0.3) is 17.7 Å². The number of aromatic amines is 3. The van der Waals surface area contributed by atoms with Crippen molar-refractivity contribution in [3.8, 4) is 0 Å². The third-order valence-corrected chi connectivity index (χ3v) is 26.3. The zero-order chi connectivity index (χ0) is 89.4. The van der Waals surface area contributed by atoms with Crippen molar-refractivity contribution in [1.82, 2.24) is 30.9 Å². The number of carbonyl (C=O) groups is 3. The van der Waals surface area contributed by atoms with Gasteiger partial charge in [0.1, 0.15) is 19.8 Å². The van der Waals surface area contributed by atoms with Crippen LogP contribution in [0.2, 0.25) is 0 Å². The molecule has 0 aromatic carbocycles. The maximum absolute atomic E-state index is 13.0. The number of nitrogens with zero attached hydrogens (tertiary/aromatic N) is 6. The summed E-state index contributed by atoms with van der Waals surface area (Å²) in [7, 11) is 0. The van der Waals surface area contributed by atoms with Crippen molar-refractivity contribution in [1.29, 1.82) is 0 Å². The van der Waals surface area contributed by atoms with Gasteiger partial charge in [0.15, 0.2) is 0 Å². The van der Waals surface area contributed by atoms with Gasteiger partial charge in [-0.3, -0.25) is 14.4 Å². The minimum absolute atomic E-state index is 0.0391. The molecular formula is C106H136N12O6. The Morgan fingerprint density at radius 2 is 0.532 bits per heavy atom. The SMILES string of the molecule is CCCC1=C(CC)/C(=C/c2[nH]c(/C=C3\N=C(OCC(C)(COC4=N/C(=C/c5[nH]c(/C=C6N=C(/C=C7\NC(=O)C(C)=C7CC)C(C)=C\6CC)c(CC)c5C)C(CC)=C4C)COC4=N/C(=C/c5[nH]c(/C=C6N=C(/C=C7\NC(=O)C(C)=C7CC)C(CCC)=C\6CC)c(CC)c5CCC)C(CC)=C4C)C(C)=C3CC)c(CCC)c2CC)N=C1/C=C1\NC(=O)C(C)=C1CC. The fraction of sp³-hybridized carbons (Fsp3) is 0.462. The minimum atomic E-state index is -0.804. The number of aliphatic imine (C=N–C) groups is 6. The predicted octanol–water partition coefficient (Wildman–Crippen LogP) is 24.8. The number of H-pyrrole nitrogens is 3. The Morgan fingerprint density at radius 3 is 0.847 bits per heavy atom. The molecule has 12 rings (SSSR count). The van der Waals surface area contributed by atoms with E-state index in [0.29, 0.717) is 17.7 Å². The summed E-state index contributed by atoms with van der Waals surface area (Å²) in [5.41, 5.74) is 42.5. The van der Waals surface area contributed by atoms with Crippen LogP contribution < -0.4 is 16.0 Å². The fourth-order valence-electron chi connectivity index (χ4n) is 19.4. The topological polar surface area (TPSA) is 237 Å². The monoisotopic (exact) mass is 1670 g/mol. The van der Waals surface area contributed by atoms with E-state index < -0.39 is 5.41 Å². The molecule has 3 aromatic heterocycles. The molecule has 0 bridgehead atoms. The highest BCUT2D eigenvalue weighted by Crippen LogP contribution is 2.43. The van der Waals surface area contributed by atoms with E-state index in [0.717, 1.165) is 309 Å². The number of hydrogen-bond acceptors (Lipinski definition) is 12. The largest absolute Gasteiger partial charge is 0.477 e. The maximum Gasteiger partial charge on any atom is 0.251 e.